The first-order valence-electron chi connectivity index (χ1n) is 5.62. The summed E-state index contributed by atoms with van der Waals surface area (Å²) in [5, 5.41) is 42.0. The predicted octanol–water partition coefficient (Wildman–Crippen LogP) is -2.96. The number of hydrogen-bond donors (Lipinski definition) is 6. The molecule has 0 aliphatic carbocycles. The van der Waals surface area contributed by atoms with Crippen molar-refractivity contribution >= 4 is 5.97 Å². The summed E-state index contributed by atoms with van der Waals surface area (Å²) in [5.41, 5.74) is 4.91. The highest BCUT2D eigenvalue weighted by Crippen LogP contribution is 1.86. The van der Waals surface area contributed by atoms with Gasteiger partial charge in [0, 0.05) is 19.6 Å². The third-order valence-electron chi connectivity index (χ3n) is 2.05. The Morgan fingerprint density at radius 2 is 1.44 bits per heavy atom. The first-order valence-corrected chi connectivity index (χ1v) is 5.62. The number of carboxylic acids is 1. The zero-order valence-electron chi connectivity index (χ0n) is 10.6. The van der Waals surface area contributed by atoms with Crippen molar-refractivity contribution in [2.45, 2.75) is 19.1 Å². The topological polar surface area (TPSA) is 147 Å². The lowest BCUT2D eigenvalue weighted by Gasteiger charge is -2.17. The summed E-state index contributed by atoms with van der Waals surface area (Å²) in [7, 11) is 0. The highest BCUT2D eigenvalue weighted by molar-refractivity contribution is 5.73. The van der Waals surface area contributed by atoms with Crippen LogP contribution in [0.3, 0.4) is 0 Å². The van der Waals surface area contributed by atoms with Gasteiger partial charge in [-0.1, -0.05) is 0 Å². The average Bonchev–Trinajstić information content (AvgIpc) is 2.29. The van der Waals surface area contributed by atoms with Gasteiger partial charge in [0.15, 0.2) is 0 Å². The van der Waals surface area contributed by atoms with Crippen LogP contribution >= 0.6 is 0 Å². The van der Waals surface area contributed by atoms with Crippen LogP contribution in [0.4, 0.5) is 0 Å². The molecule has 0 fully saturated rings. The Hall–Kier alpha value is -0.770. The van der Waals surface area contributed by atoms with Gasteiger partial charge in [-0.05, 0) is 6.92 Å². The van der Waals surface area contributed by atoms with Crippen LogP contribution in [0.25, 0.3) is 0 Å². The van der Waals surface area contributed by atoms with Crippen LogP contribution in [0.2, 0.25) is 0 Å². The molecule has 2 atom stereocenters. The predicted molar refractivity (Wildman–Crippen MR) is 65.0 cm³/mol. The molecule has 8 heteroatoms. The Bertz CT molecular complexity index is 189. The number of nitrogens with zero attached hydrogens (tertiary/aromatic N) is 1. The molecule has 2 unspecified atom stereocenters. The van der Waals surface area contributed by atoms with Crippen molar-refractivity contribution in [1.29, 1.82) is 0 Å². The minimum atomic E-state index is -1.18. The number of rotatable bonds is 8. The molecule has 0 radical (unpaired) electrons. The molecular weight excluding hydrogens is 244 g/mol. The summed E-state index contributed by atoms with van der Waals surface area (Å²) in [6.45, 7) is 3.09. The van der Waals surface area contributed by atoms with Crippen molar-refractivity contribution in [3.05, 3.63) is 0 Å². The highest BCUT2D eigenvalue weighted by Gasteiger charge is 2.16. The van der Waals surface area contributed by atoms with Gasteiger partial charge in [0.2, 0.25) is 0 Å². The lowest BCUT2D eigenvalue weighted by molar-refractivity contribution is -0.140. The second-order valence-electron chi connectivity index (χ2n) is 3.62. The summed E-state index contributed by atoms with van der Waals surface area (Å²) in [5.74, 6) is -1.18. The van der Waals surface area contributed by atoms with Crippen LogP contribution in [0.15, 0.2) is 0 Å². The number of aliphatic carboxylic acids is 1. The summed E-state index contributed by atoms with van der Waals surface area (Å²) in [6, 6.07) is -1.16. The Morgan fingerprint density at radius 3 is 1.56 bits per heavy atom. The van der Waals surface area contributed by atoms with Crippen LogP contribution < -0.4 is 5.73 Å². The Labute approximate surface area is 106 Å². The molecule has 0 heterocycles. The fourth-order valence-corrected chi connectivity index (χ4v) is 0.966. The van der Waals surface area contributed by atoms with Crippen molar-refractivity contribution in [3.63, 3.8) is 0 Å². The van der Waals surface area contributed by atoms with E-state index in [2.05, 4.69) is 0 Å². The number of hydrogen-bond acceptors (Lipinski definition) is 7. The van der Waals surface area contributed by atoms with E-state index in [-0.39, 0.29) is 19.8 Å². The van der Waals surface area contributed by atoms with E-state index < -0.39 is 18.1 Å². The summed E-state index contributed by atoms with van der Waals surface area (Å²) in [4.78, 5) is 11.6. The highest BCUT2D eigenvalue weighted by atomic mass is 16.4. The van der Waals surface area contributed by atoms with Gasteiger partial charge in [-0.25, -0.2) is 0 Å². The molecule has 18 heavy (non-hydrogen) atoms. The molecule has 0 saturated heterocycles. The standard InChI is InChI=1S/C6H15NO3.C4H9NO3/c8-4-1-7(2-5-9)3-6-10;1-2(6)3(5)4(7)8/h8-10H,1-6H2;2-3,6H,5H2,1H3,(H,7,8). The summed E-state index contributed by atoms with van der Waals surface area (Å²) < 4.78 is 0. The van der Waals surface area contributed by atoms with Crippen molar-refractivity contribution in [2.75, 3.05) is 39.5 Å². The molecule has 110 valence electrons. The van der Waals surface area contributed by atoms with E-state index in [1.165, 1.54) is 6.92 Å². The lowest BCUT2D eigenvalue weighted by Crippen LogP contribution is -2.39. The average molecular weight is 268 g/mol. The van der Waals surface area contributed by atoms with Gasteiger partial charge >= 0.3 is 5.97 Å². The fourth-order valence-electron chi connectivity index (χ4n) is 0.966. The van der Waals surface area contributed by atoms with E-state index in [4.69, 9.17) is 31.3 Å². The molecule has 0 rings (SSSR count). The lowest BCUT2D eigenvalue weighted by atomic mass is 10.2. The van der Waals surface area contributed by atoms with Gasteiger partial charge in [0.05, 0.1) is 25.9 Å². The number of aliphatic hydroxyl groups excluding tert-OH is 4. The van der Waals surface area contributed by atoms with Crippen LogP contribution in [0.1, 0.15) is 6.92 Å². The summed E-state index contributed by atoms with van der Waals surface area (Å²) in [6.07, 6.45) is -0.979. The third kappa shape index (κ3) is 11.7. The van der Waals surface area contributed by atoms with Crippen molar-refractivity contribution in [2.24, 2.45) is 5.73 Å². The largest absolute Gasteiger partial charge is 0.480 e. The minimum absolute atomic E-state index is 0.0694. The van der Waals surface area contributed by atoms with Crippen LogP contribution in [0.5, 0.6) is 0 Å². The minimum Gasteiger partial charge on any atom is -0.480 e. The van der Waals surface area contributed by atoms with E-state index in [9.17, 15) is 4.79 Å². The third-order valence-corrected chi connectivity index (χ3v) is 2.05. The quantitative estimate of drug-likeness (QED) is 0.274. The molecular formula is C10H24N2O6. The molecule has 7 N–H and O–H groups in total. The second-order valence-corrected chi connectivity index (χ2v) is 3.62. The first kappa shape index (κ1) is 19.6. The van der Waals surface area contributed by atoms with Gasteiger partial charge < -0.3 is 31.3 Å². The molecule has 0 amide bonds. The van der Waals surface area contributed by atoms with Gasteiger partial charge in [-0.2, -0.15) is 0 Å². The zero-order chi connectivity index (χ0) is 14.6. The van der Waals surface area contributed by atoms with E-state index in [1.54, 1.807) is 4.90 Å². The van der Waals surface area contributed by atoms with E-state index >= 15 is 0 Å². The molecule has 0 aromatic carbocycles. The van der Waals surface area contributed by atoms with Crippen LogP contribution in [-0.2, 0) is 4.79 Å². The Balaban J connectivity index is 0. The van der Waals surface area contributed by atoms with Crippen LogP contribution in [-0.4, -0.2) is 88.0 Å². The van der Waals surface area contributed by atoms with E-state index in [0.29, 0.717) is 19.6 Å². The molecule has 0 aromatic heterocycles. The number of nitrogens with two attached hydrogens (primary N) is 1. The monoisotopic (exact) mass is 268 g/mol. The molecule has 0 aliphatic rings. The van der Waals surface area contributed by atoms with E-state index in [1.807, 2.05) is 0 Å². The van der Waals surface area contributed by atoms with E-state index in [0.717, 1.165) is 0 Å². The number of carbonyl (C=O) groups is 1. The summed E-state index contributed by atoms with van der Waals surface area (Å²) >= 11 is 0. The maximum absolute atomic E-state index is 9.86. The zero-order valence-corrected chi connectivity index (χ0v) is 10.6. The Morgan fingerprint density at radius 1 is 1.11 bits per heavy atom. The Kier molecular flexibility index (Phi) is 13.8. The molecule has 0 aliphatic heterocycles. The van der Waals surface area contributed by atoms with Crippen molar-refractivity contribution in [3.8, 4) is 0 Å². The molecule has 0 bridgehead atoms. The van der Waals surface area contributed by atoms with Gasteiger partial charge in [0.1, 0.15) is 6.04 Å². The molecule has 0 aromatic rings. The fraction of sp³-hybridized carbons (Fsp3) is 0.900. The SMILES string of the molecule is CC(O)C(N)C(=O)O.OCCN(CCO)CCO. The second kappa shape index (κ2) is 12.7. The first-order chi connectivity index (χ1) is 8.40. The van der Waals surface area contributed by atoms with Crippen molar-refractivity contribution < 1.29 is 30.3 Å². The smallest absolute Gasteiger partial charge is 0.323 e. The normalized spacial score (nSPS) is 13.7. The number of aliphatic hydroxyl groups is 4. The maximum Gasteiger partial charge on any atom is 0.323 e. The molecule has 0 saturated carbocycles. The van der Waals surface area contributed by atoms with Gasteiger partial charge in [-0.3, -0.25) is 9.69 Å². The molecule has 0 spiro atoms. The van der Waals surface area contributed by atoms with Crippen molar-refractivity contribution in [1.82, 2.24) is 4.90 Å². The number of carboxylic acid groups (broad SMARTS) is 1. The maximum atomic E-state index is 9.86. The molecule has 8 nitrogen and oxygen atoms in total. The van der Waals surface area contributed by atoms with Gasteiger partial charge in [0.25, 0.3) is 0 Å². The van der Waals surface area contributed by atoms with Crippen LogP contribution in [0, 0.1) is 0 Å². The van der Waals surface area contributed by atoms with Gasteiger partial charge in [-0.15, -0.1) is 0 Å².